The van der Waals surface area contributed by atoms with E-state index in [0.29, 0.717) is 5.92 Å². The second-order valence-electron chi connectivity index (χ2n) is 8.24. The first kappa shape index (κ1) is 19.5. The van der Waals surface area contributed by atoms with Crippen molar-refractivity contribution in [2.24, 2.45) is 5.92 Å². The van der Waals surface area contributed by atoms with Gasteiger partial charge in [0.15, 0.2) is 0 Å². The second-order valence-corrected chi connectivity index (χ2v) is 9.16. The summed E-state index contributed by atoms with van der Waals surface area (Å²) in [4.78, 5) is 7.51. The molecule has 0 spiro atoms. The highest BCUT2D eigenvalue weighted by molar-refractivity contribution is 9.10. The largest absolute Gasteiger partial charge is 0.371 e. The molecular weight excluding hydrogens is 410 g/mol. The number of nitrogens with zero attached hydrogens (tertiary/aromatic N) is 3. The zero-order chi connectivity index (χ0) is 20.2. The van der Waals surface area contributed by atoms with Crippen LogP contribution >= 0.6 is 15.9 Å². The molecule has 1 saturated heterocycles. The van der Waals surface area contributed by atoms with Crippen LogP contribution in [0.5, 0.6) is 0 Å². The monoisotopic (exact) mass is 437 g/mol. The van der Waals surface area contributed by atoms with Crippen molar-refractivity contribution in [3.8, 4) is 5.69 Å². The Labute approximate surface area is 176 Å². The van der Waals surface area contributed by atoms with Crippen LogP contribution in [0, 0.1) is 47.5 Å². The van der Waals surface area contributed by atoms with Crippen LogP contribution in [-0.4, -0.2) is 22.6 Å². The fourth-order valence-electron chi connectivity index (χ4n) is 4.59. The SMILES string of the molecule is [CH]C1CCN(c2cc(C)nc3c2c(C)c(C)n3-c2c(C)cc(Br)cc2C)CC1. The van der Waals surface area contributed by atoms with E-state index in [9.17, 15) is 0 Å². The highest BCUT2D eigenvalue weighted by Crippen LogP contribution is 2.38. The highest BCUT2D eigenvalue weighted by atomic mass is 79.9. The van der Waals surface area contributed by atoms with E-state index < -0.39 is 0 Å². The van der Waals surface area contributed by atoms with Gasteiger partial charge in [0.2, 0.25) is 0 Å². The minimum absolute atomic E-state index is 0.329. The lowest BCUT2D eigenvalue weighted by molar-refractivity contribution is 0.476. The van der Waals surface area contributed by atoms with Crippen molar-refractivity contribution >= 4 is 32.7 Å². The number of hydrogen-bond donors (Lipinski definition) is 0. The summed E-state index contributed by atoms with van der Waals surface area (Å²) in [6.07, 6.45) is 2.10. The molecule has 0 unspecified atom stereocenters. The van der Waals surface area contributed by atoms with Gasteiger partial charge < -0.3 is 4.90 Å². The maximum absolute atomic E-state index is 6.15. The number of aromatic nitrogens is 2. The smallest absolute Gasteiger partial charge is 0.147 e. The number of fused-ring (bicyclic) bond motifs is 1. The predicted octanol–water partition coefficient (Wildman–Crippen LogP) is 6.26. The molecule has 28 heavy (non-hydrogen) atoms. The number of pyridine rings is 1. The van der Waals surface area contributed by atoms with Gasteiger partial charge in [-0.1, -0.05) is 15.9 Å². The molecule has 0 N–H and O–H groups in total. The number of hydrogen-bond acceptors (Lipinski definition) is 2. The van der Waals surface area contributed by atoms with Gasteiger partial charge in [-0.15, -0.1) is 0 Å². The van der Waals surface area contributed by atoms with E-state index in [1.807, 2.05) is 0 Å². The van der Waals surface area contributed by atoms with Crippen LogP contribution < -0.4 is 4.90 Å². The molecule has 0 atom stereocenters. The molecule has 3 heterocycles. The minimum atomic E-state index is 0.329. The molecular formula is C24H28BrN3. The van der Waals surface area contributed by atoms with Crippen molar-refractivity contribution in [2.75, 3.05) is 18.0 Å². The number of benzene rings is 1. The minimum Gasteiger partial charge on any atom is -0.371 e. The molecule has 0 bridgehead atoms. The Kier molecular flexibility index (Phi) is 5.03. The van der Waals surface area contributed by atoms with Gasteiger partial charge in [0.05, 0.1) is 5.69 Å². The Morgan fingerprint density at radius 3 is 2.21 bits per heavy atom. The molecule has 2 radical (unpaired) electrons. The summed E-state index contributed by atoms with van der Waals surface area (Å²) in [7, 11) is 0. The number of piperidine rings is 1. The summed E-state index contributed by atoms with van der Waals surface area (Å²) in [6.45, 7) is 19.1. The average Bonchev–Trinajstić information content (AvgIpc) is 2.86. The Morgan fingerprint density at radius 1 is 1.00 bits per heavy atom. The first-order valence-electron chi connectivity index (χ1n) is 10.0. The van der Waals surface area contributed by atoms with Crippen LogP contribution in [0.2, 0.25) is 0 Å². The van der Waals surface area contributed by atoms with Crippen LogP contribution in [0.15, 0.2) is 22.7 Å². The van der Waals surface area contributed by atoms with Gasteiger partial charge in [-0.25, -0.2) is 4.98 Å². The van der Waals surface area contributed by atoms with Gasteiger partial charge in [-0.2, -0.15) is 0 Å². The molecule has 0 amide bonds. The van der Waals surface area contributed by atoms with E-state index in [1.165, 1.54) is 39.1 Å². The van der Waals surface area contributed by atoms with Crippen LogP contribution in [-0.2, 0) is 0 Å². The van der Waals surface area contributed by atoms with Gasteiger partial charge in [-0.05, 0) is 95.2 Å². The molecule has 4 heteroatoms. The van der Waals surface area contributed by atoms with Crippen molar-refractivity contribution in [3.05, 3.63) is 57.7 Å². The zero-order valence-electron chi connectivity index (χ0n) is 17.4. The van der Waals surface area contributed by atoms with Crippen molar-refractivity contribution in [2.45, 2.75) is 47.5 Å². The first-order valence-corrected chi connectivity index (χ1v) is 10.8. The fraction of sp³-hybridized carbons (Fsp3) is 0.417. The summed E-state index contributed by atoms with van der Waals surface area (Å²) >= 11 is 3.63. The van der Waals surface area contributed by atoms with Crippen LogP contribution in [0.1, 0.15) is 40.9 Å². The summed E-state index contributed by atoms with van der Waals surface area (Å²) in [6, 6.07) is 6.62. The third-order valence-corrected chi connectivity index (χ3v) is 6.59. The molecule has 1 aliphatic heterocycles. The topological polar surface area (TPSA) is 21.1 Å². The molecule has 1 fully saturated rings. The summed E-state index contributed by atoms with van der Waals surface area (Å²) in [5, 5.41) is 1.28. The van der Waals surface area contributed by atoms with Crippen LogP contribution in [0.25, 0.3) is 16.7 Å². The lowest BCUT2D eigenvalue weighted by Gasteiger charge is -2.32. The third-order valence-electron chi connectivity index (χ3n) is 6.13. The van der Waals surface area contributed by atoms with Crippen molar-refractivity contribution < 1.29 is 0 Å². The Hall–Kier alpha value is -1.81. The molecule has 0 aliphatic carbocycles. The third kappa shape index (κ3) is 3.16. The second kappa shape index (κ2) is 7.22. The van der Waals surface area contributed by atoms with Gasteiger partial charge in [0.1, 0.15) is 5.65 Å². The standard InChI is InChI=1S/C24H28BrN3/c1-14-7-9-27(10-8-14)21-13-17(4)26-24-22(21)18(5)19(6)28(24)23-15(2)11-20(25)12-16(23)3/h1,11-14H,7-10H2,2-6H3. The highest BCUT2D eigenvalue weighted by Gasteiger charge is 2.24. The van der Waals surface area contributed by atoms with Gasteiger partial charge >= 0.3 is 0 Å². The maximum atomic E-state index is 6.15. The quantitative estimate of drug-likeness (QED) is 0.471. The van der Waals surface area contributed by atoms with Gasteiger partial charge in [0, 0.05) is 40.0 Å². The van der Waals surface area contributed by atoms with E-state index >= 15 is 0 Å². The Balaban J connectivity index is 1.99. The number of rotatable bonds is 2. The van der Waals surface area contributed by atoms with Crippen molar-refractivity contribution in [1.82, 2.24) is 9.55 Å². The van der Waals surface area contributed by atoms with Crippen molar-refractivity contribution in [1.29, 1.82) is 0 Å². The van der Waals surface area contributed by atoms with Crippen molar-refractivity contribution in [3.63, 3.8) is 0 Å². The van der Waals surface area contributed by atoms with Gasteiger partial charge in [0.25, 0.3) is 0 Å². The molecule has 0 saturated carbocycles. The molecule has 1 aromatic carbocycles. The predicted molar refractivity (Wildman–Crippen MR) is 122 cm³/mol. The molecule has 1 aliphatic rings. The van der Waals surface area contributed by atoms with Gasteiger partial charge in [-0.3, -0.25) is 4.57 Å². The van der Waals surface area contributed by atoms with E-state index in [2.05, 4.69) is 78.2 Å². The van der Waals surface area contributed by atoms with Crippen LogP contribution in [0.4, 0.5) is 5.69 Å². The zero-order valence-corrected chi connectivity index (χ0v) is 19.0. The molecule has 3 aromatic rings. The number of aryl methyl sites for hydroxylation is 4. The maximum Gasteiger partial charge on any atom is 0.147 e. The van der Waals surface area contributed by atoms with E-state index in [4.69, 9.17) is 11.9 Å². The Bertz CT molecular complexity index is 1030. The van der Waals surface area contributed by atoms with E-state index in [1.54, 1.807) is 0 Å². The molecule has 146 valence electrons. The molecule has 3 nitrogen and oxygen atoms in total. The summed E-state index contributed by atoms with van der Waals surface area (Å²) < 4.78 is 3.47. The first-order chi connectivity index (χ1) is 13.3. The summed E-state index contributed by atoms with van der Waals surface area (Å²) in [5.74, 6) is 0.329. The van der Waals surface area contributed by atoms with E-state index in [0.717, 1.165) is 41.7 Å². The number of halogens is 1. The lowest BCUT2D eigenvalue weighted by atomic mass is 9.98. The molecule has 4 rings (SSSR count). The van der Waals surface area contributed by atoms with Crippen LogP contribution in [0.3, 0.4) is 0 Å². The number of anilines is 1. The fourth-order valence-corrected chi connectivity index (χ4v) is 5.27. The lowest BCUT2D eigenvalue weighted by Crippen LogP contribution is -2.33. The van der Waals surface area contributed by atoms with E-state index in [-0.39, 0.29) is 0 Å². The Morgan fingerprint density at radius 2 is 1.61 bits per heavy atom. The molecule has 2 aromatic heterocycles. The average molecular weight is 438 g/mol. The summed E-state index contributed by atoms with van der Waals surface area (Å²) in [5.41, 5.74) is 9.74. The normalized spacial score (nSPS) is 15.6.